The number of aryl methyl sites for hydroxylation is 3. The van der Waals surface area contributed by atoms with Crippen LogP contribution in [0.1, 0.15) is 27.8 Å². The fraction of sp³-hybridized carbons (Fsp3) is 0.294. The van der Waals surface area contributed by atoms with Gasteiger partial charge in [-0.15, -0.1) is 0 Å². The van der Waals surface area contributed by atoms with Crippen molar-refractivity contribution in [2.45, 2.75) is 34.6 Å². The van der Waals surface area contributed by atoms with Crippen molar-refractivity contribution in [2.75, 3.05) is 5.73 Å². The molecule has 0 amide bonds. The smallest absolute Gasteiger partial charge is 0.0396 e. The Kier molecular flexibility index (Phi) is 3.16. The van der Waals surface area contributed by atoms with Gasteiger partial charge in [-0.05, 0) is 74.1 Å². The van der Waals surface area contributed by atoms with Crippen molar-refractivity contribution in [2.24, 2.45) is 0 Å². The molecule has 0 fully saturated rings. The molecule has 2 N–H and O–H groups in total. The molecule has 94 valence electrons. The van der Waals surface area contributed by atoms with Gasteiger partial charge in [-0.1, -0.05) is 18.2 Å². The van der Waals surface area contributed by atoms with Crippen LogP contribution in [0, 0.1) is 34.6 Å². The number of anilines is 1. The van der Waals surface area contributed by atoms with E-state index in [1.165, 1.54) is 33.4 Å². The summed E-state index contributed by atoms with van der Waals surface area (Å²) in [7, 11) is 0. The molecule has 1 nitrogen and oxygen atoms in total. The third-order valence-corrected chi connectivity index (χ3v) is 3.84. The molecule has 0 saturated carbocycles. The number of hydrogen-bond donors (Lipinski definition) is 1. The average Bonchev–Trinajstić information content (AvgIpc) is 2.29. The van der Waals surface area contributed by atoms with Crippen molar-refractivity contribution in [3.05, 3.63) is 52.1 Å². The molecule has 0 unspecified atom stereocenters. The van der Waals surface area contributed by atoms with Crippen molar-refractivity contribution in [3.63, 3.8) is 0 Å². The van der Waals surface area contributed by atoms with E-state index < -0.39 is 0 Å². The summed E-state index contributed by atoms with van der Waals surface area (Å²) in [6, 6.07) is 8.56. The fourth-order valence-corrected chi connectivity index (χ4v) is 2.53. The molecular weight excluding hydrogens is 218 g/mol. The Morgan fingerprint density at radius 3 is 1.83 bits per heavy atom. The van der Waals surface area contributed by atoms with Gasteiger partial charge in [-0.3, -0.25) is 0 Å². The topological polar surface area (TPSA) is 26.0 Å². The maximum Gasteiger partial charge on any atom is 0.0396 e. The van der Waals surface area contributed by atoms with E-state index in [2.05, 4.69) is 52.8 Å². The maximum atomic E-state index is 6.19. The SMILES string of the molecule is Cc1ccc(-c2c(C)c(C)cc(C)c2C)c(N)c1. The normalized spacial score (nSPS) is 10.7. The van der Waals surface area contributed by atoms with Gasteiger partial charge in [-0.2, -0.15) is 0 Å². The van der Waals surface area contributed by atoms with Crippen LogP contribution < -0.4 is 5.73 Å². The molecule has 0 aliphatic heterocycles. The number of nitrogen functional groups attached to an aromatic ring is 1. The van der Waals surface area contributed by atoms with Crippen molar-refractivity contribution in [3.8, 4) is 11.1 Å². The lowest BCUT2D eigenvalue weighted by Gasteiger charge is -2.17. The van der Waals surface area contributed by atoms with E-state index in [0.29, 0.717) is 0 Å². The predicted molar refractivity (Wildman–Crippen MR) is 80.0 cm³/mol. The summed E-state index contributed by atoms with van der Waals surface area (Å²) in [6.07, 6.45) is 0. The third kappa shape index (κ3) is 2.01. The molecule has 0 aliphatic rings. The van der Waals surface area contributed by atoms with Crippen LogP contribution in [0.4, 0.5) is 5.69 Å². The highest BCUT2D eigenvalue weighted by Crippen LogP contribution is 2.35. The van der Waals surface area contributed by atoms with E-state index >= 15 is 0 Å². The summed E-state index contributed by atoms with van der Waals surface area (Å²) in [6.45, 7) is 10.7. The molecule has 2 aromatic rings. The number of rotatable bonds is 1. The van der Waals surface area contributed by atoms with Crippen LogP contribution in [0.25, 0.3) is 11.1 Å². The predicted octanol–water partition coefficient (Wildman–Crippen LogP) is 4.48. The molecule has 0 atom stereocenters. The minimum Gasteiger partial charge on any atom is -0.398 e. The lowest BCUT2D eigenvalue weighted by Crippen LogP contribution is -1.98. The molecule has 2 rings (SSSR count). The minimum atomic E-state index is 0.867. The molecular formula is C17H21N. The van der Waals surface area contributed by atoms with Crippen LogP contribution in [0.15, 0.2) is 24.3 Å². The second kappa shape index (κ2) is 4.49. The zero-order valence-corrected chi connectivity index (χ0v) is 11.9. The van der Waals surface area contributed by atoms with Crippen LogP contribution in [-0.2, 0) is 0 Å². The van der Waals surface area contributed by atoms with Gasteiger partial charge in [0, 0.05) is 11.3 Å². The molecule has 0 aromatic heterocycles. The summed E-state index contributed by atoms with van der Waals surface area (Å²) in [5.74, 6) is 0. The van der Waals surface area contributed by atoms with Crippen LogP contribution >= 0.6 is 0 Å². The van der Waals surface area contributed by atoms with Crippen molar-refractivity contribution >= 4 is 5.69 Å². The second-order valence-corrected chi connectivity index (χ2v) is 5.23. The third-order valence-electron chi connectivity index (χ3n) is 3.84. The first-order valence-corrected chi connectivity index (χ1v) is 6.35. The van der Waals surface area contributed by atoms with Gasteiger partial charge in [0.25, 0.3) is 0 Å². The molecule has 0 saturated heterocycles. The Balaban J connectivity index is 2.78. The van der Waals surface area contributed by atoms with Gasteiger partial charge in [0.15, 0.2) is 0 Å². The Labute approximate surface area is 110 Å². The van der Waals surface area contributed by atoms with Crippen molar-refractivity contribution in [1.82, 2.24) is 0 Å². The molecule has 18 heavy (non-hydrogen) atoms. The highest BCUT2D eigenvalue weighted by Gasteiger charge is 2.12. The van der Waals surface area contributed by atoms with E-state index in [1.54, 1.807) is 0 Å². The molecule has 2 aromatic carbocycles. The van der Waals surface area contributed by atoms with Gasteiger partial charge in [0.2, 0.25) is 0 Å². The minimum absolute atomic E-state index is 0.867. The van der Waals surface area contributed by atoms with E-state index in [1.807, 2.05) is 6.07 Å². The van der Waals surface area contributed by atoms with Crippen molar-refractivity contribution in [1.29, 1.82) is 0 Å². The van der Waals surface area contributed by atoms with E-state index in [9.17, 15) is 0 Å². The van der Waals surface area contributed by atoms with Gasteiger partial charge in [0.05, 0.1) is 0 Å². The van der Waals surface area contributed by atoms with Gasteiger partial charge in [0.1, 0.15) is 0 Å². The molecule has 1 heteroatoms. The Hall–Kier alpha value is -1.76. The molecule has 0 bridgehead atoms. The summed E-state index contributed by atoms with van der Waals surface area (Å²) < 4.78 is 0. The zero-order valence-electron chi connectivity index (χ0n) is 11.9. The first-order valence-electron chi connectivity index (χ1n) is 6.35. The van der Waals surface area contributed by atoms with E-state index in [0.717, 1.165) is 11.3 Å². The number of benzene rings is 2. The van der Waals surface area contributed by atoms with Crippen LogP contribution in [0.2, 0.25) is 0 Å². The summed E-state index contributed by atoms with van der Waals surface area (Å²) >= 11 is 0. The zero-order chi connectivity index (χ0) is 13.4. The number of hydrogen-bond acceptors (Lipinski definition) is 1. The maximum absolute atomic E-state index is 6.19. The monoisotopic (exact) mass is 239 g/mol. The van der Waals surface area contributed by atoms with E-state index in [4.69, 9.17) is 5.73 Å². The van der Waals surface area contributed by atoms with Gasteiger partial charge >= 0.3 is 0 Å². The molecule has 0 spiro atoms. The average molecular weight is 239 g/mol. The van der Waals surface area contributed by atoms with Crippen LogP contribution in [0.3, 0.4) is 0 Å². The first kappa shape index (κ1) is 12.7. The summed E-state index contributed by atoms with van der Waals surface area (Å²) in [5.41, 5.74) is 16.0. The Morgan fingerprint density at radius 2 is 1.33 bits per heavy atom. The largest absolute Gasteiger partial charge is 0.398 e. The lowest BCUT2D eigenvalue weighted by molar-refractivity contribution is 1.24. The Bertz CT molecular complexity index is 583. The fourth-order valence-electron chi connectivity index (χ4n) is 2.53. The van der Waals surface area contributed by atoms with Gasteiger partial charge in [-0.25, -0.2) is 0 Å². The summed E-state index contributed by atoms with van der Waals surface area (Å²) in [4.78, 5) is 0. The highest BCUT2D eigenvalue weighted by molar-refractivity contribution is 5.82. The second-order valence-electron chi connectivity index (χ2n) is 5.23. The summed E-state index contributed by atoms with van der Waals surface area (Å²) in [5, 5.41) is 0. The molecule has 0 radical (unpaired) electrons. The standard InChI is InChI=1S/C17H21N/c1-10-6-7-15(16(18)8-10)17-13(4)11(2)9-12(3)14(17)5/h6-9H,18H2,1-5H3. The Morgan fingerprint density at radius 1 is 0.778 bits per heavy atom. The van der Waals surface area contributed by atoms with E-state index in [-0.39, 0.29) is 0 Å². The lowest BCUT2D eigenvalue weighted by atomic mass is 9.88. The number of nitrogens with two attached hydrogens (primary N) is 1. The quantitative estimate of drug-likeness (QED) is 0.730. The highest BCUT2D eigenvalue weighted by atomic mass is 14.6. The molecule has 0 heterocycles. The molecule has 0 aliphatic carbocycles. The van der Waals surface area contributed by atoms with Gasteiger partial charge < -0.3 is 5.73 Å². The van der Waals surface area contributed by atoms with Crippen LogP contribution in [0.5, 0.6) is 0 Å². The van der Waals surface area contributed by atoms with Crippen molar-refractivity contribution < 1.29 is 0 Å². The first-order chi connectivity index (χ1) is 8.41. The van der Waals surface area contributed by atoms with Crippen LogP contribution in [-0.4, -0.2) is 0 Å².